The highest BCUT2D eigenvalue weighted by atomic mass is 79.9. The molecule has 0 spiro atoms. The Hall–Kier alpha value is -1.20. The molecule has 0 amide bonds. The molecule has 2 rings (SSSR count). The highest BCUT2D eigenvalue weighted by Gasteiger charge is 2.13. The van der Waals surface area contributed by atoms with E-state index < -0.39 is 0 Å². The molecule has 0 aliphatic carbocycles. The van der Waals surface area contributed by atoms with Gasteiger partial charge in [-0.15, -0.1) is 0 Å². The summed E-state index contributed by atoms with van der Waals surface area (Å²) in [6.45, 7) is 2.48. The van der Waals surface area contributed by atoms with Crippen molar-refractivity contribution in [3.05, 3.63) is 34.6 Å². The molecule has 0 radical (unpaired) electrons. The molecule has 16 heavy (non-hydrogen) atoms. The molecule has 1 unspecified atom stereocenters. The van der Waals surface area contributed by atoms with Crippen LogP contribution in [-0.2, 0) is 0 Å². The summed E-state index contributed by atoms with van der Waals surface area (Å²) in [5, 5.41) is 3.91. The molecule has 0 aliphatic rings. The maximum atomic E-state index is 5.55. The van der Waals surface area contributed by atoms with Crippen LogP contribution in [0.25, 0.3) is 11.5 Å². The Labute approximate surface area is 102 Å². The van der Waals surface area contributed by atoms with Crippen LogP contribution < -0.4 is 5.73 Å². The predicted octanol–water partition coefficient (Wildman–Crippen LogP) is 2.56. The summed E-state index contributed by atoms with van der Waals surface area (Å²) < 4.78 is 6.17. The molecule has 0 saturated carbocycles. The zero-order valence-electron chi connectivity index (χ0n) is 8.85. The number of nitrogens with zero attached hydrogens (tertiary/aromatic N) is 2. The molecule has 1 aromatic carbocycles. The van der Waals surface area contributed by atoms with Crippen molar-refractivity contribution < 1.29 is 4.52 Å². The van der Waals surface area contributed by atoms with E-state index in [1.165, 1.54) is 0 Å². The summed E-state index contributed by atoms with van der Waals surface area (Å²) >= 11 is 3.40. The summed E-state index contributed by atoms with van der Waals surface area (Å²) in [5.74, 6) is 1.29. The van der Waals surface area contributed by atoms with E-state index >= 15 is 0 Å². The van der Waals surface area contributed by atoms with Crippen LogP contribution in [0.15, 0.2) is 33.3 Å². The molecule has 4 nitrogen and oxygen atoms in total. The van der Waals surface area contributed by atoms with Gasteiger partial charge >= 0.3 is 0 Å². The Morgan fingerprint density at radius 2 is 2.31 bits per heavy atom. The van der Waals surface area contributed by atoms with E-state index in [9.17, 15) is 0 Å². The molecule has 1 atom stereocenters. The summed E-state index contributed by atoms with van der Waals surface area (Å²) in [7, 11) is 0. The van der Waals surface area contributed by atoms with Crippen LogP contribution in [-0.4, -0.2) is 16.7 Å². The topological polar surface area (TPSA) is 64.9 Å². The molecule has 1 heterocycles. The van der Waals surface area contributed by atoms with Crippen LogP contribution in [0.3, 0.4) is 0 Å². The number of hydrogen-bond acceptors (Lipinski definition) is 4. The van der Waals surface area contributed by atoms with Crippen molar-refractivity contribution in [2.75, 3.05) is 6.54 Å². The minimum absolute atomic E-state index is 0.115. The lowest BCUT2D eigenvalue weighted by atomic mass is 10.2. The number of aromatic nitrogens is 2. The van der Waals surface area contributed by atoms with Crippen LogP contribution in [0.1, 0.15) is 18.7 Å². The Balaban J connectivity index is 2.31. The van der Waals surface area contributed by atoms with Gasteiger partial charge in [0.1, 0.15) is 0 Å². The fraction of sp³-hybridized carbons (Fsp3) is 0.273. The van der Waals surface area contributed by atoms with E-state index in [1.54, 1.807) is 0 Å². The largest absolute Gasteiger partial charge is 0.334 e. The van der Waals surface area contributed by atoms with Gasteiger partial charge in [-0.1, -0.05) is 34.1 Å². The highest BCUT2D eigenvalue weighted by molar-refractivity contribution is 9.10. The Morgan fingerprint density at radius 3 is 3.00 bits per heavy atom. The first-order chi connectivity index (χ1) is 7.70. The van der Waals surface area contributed by atoms with Gasteiger partial charge in [0.25, 0.3) is 5.89 Å². The van der Waals surface area contributed by atoms with Crippen LogP contribution >= 0.6 is 15.9 Å². The molecule has 5 heteroatoms. The van der Waals surface area contributed by atoms with Gasteiger partial charge < -0.3 is 10.3 Å². The number of hydrogen-bond donors (Lipinski definition) is 1. The van der Waals surface area contributed by atoms with Crippen molar-refractivity contribution in [1.82, 2.24) is 10.1 Å². The average Bonchev–Trinajstić information content (AvgIpc) is 2.77. The molecular formula is C11H12BrN3O. The smallest absolute Gasteiger partial charge is 0.257 e. The van der Waals surface area contributed by atoms with Crippen LogP contribution in [0.4, 0.5) is 0 Å². The second kappa shape index (κ2) is 4.76. The minimum Gasteiger partial charge on any atom is -0.334 e. The Morgan fingerprint density at radius 1 is 1.50 bits per heavy atom. The molecule has 0 bridgehead atoms. The van der Waals surface area contributed by atoms with Crippen LogP contribution in [0.2, 0.25) is 0 Å². The summed E-state index contributed by atoms with van der Waals surface area (Å²) in [4.78, 5) is 4.31. The Kier molecular flexibility index (Phi) is 3.36. The van der Waals surface area contributed by atoms with Gasteiger partial charge in [-0.3, -0.25) is 0 Å². The van der Waals surface area contributed by atoms with E-state index in [2.05, 4.69) is 26.1 Å². The molecule has 0 fully saturated rings. The average molecular weight is 282 g/mol. The second-order valence-corrected chi connectivity index (χ2v) is 4.52. The SMILES string of the molecule is CC(CN)c1noc(-c2cccc(Br)c2)n1. The van der Waals surface area contributed by atoms with E-state index in [0.29, 0.717) is 18.3 Å². The maximum absolute atomic E-state index is 5.55. The lowest BCUT2D eigenvalue weighted by molar-refractivity contribution is 0.418. The van der Waals surface area contributed by atoms with Gasteiger partial charge in [0, 0.05) is 22.5 Å². The molecule has 2 N–H and O–H groups in total. The van der Waals surface area contributed by atoms with E-state index in [4.69, 9.17) is 10.3 Å². The van der Waals surface area contributed by atoms with Crippen molar-refractivity contribution in [1.29, 1.82) is 0 Å². The number of rotatable bonds is 3. The van der Waals surface area contributed by atoms with E-state index in [1.807, 2.05) is 31.2 Å². The lowest BCUT2D eigenvalue weighted by Crippen LogP contribution is -2.10. The highest BCUT2D eigenvalue weighted by Crippen LogP contribution is 2.22. The number of halogens is 1. The quantitative estimate of drug-likeness (QED) is 0.939. The maximum Gasteiger partial charge on any atom is 0.257 e. The van der Waals surface area contributed by atoms with Crippen molar-refractivity contribution in [3.8, 4) is 11.5 Å². The summed E-state index contributed by atoms with van der Waals surface area (Å²) in [5.41, 5.74) is 6.45. The van der Waals surface area contributed by atoms with E-state index in [0.717, 1.165) is 10.0 Å². The van der Waals surface area contributed by atoms with E-state index in [-0.39, 0.29) is 5.92 Å². The third-order valence-electron chi connectivity index (χ3n) is 2.31. The number of benzene rings is 1. The van der Waals surface area contributed by atoms with Crippen molar-refractivity contribution in [2.24, 2.45) is 5.73 Å². The fourth-order valence-corrected chi connectivity index (χ4v) is 1.68. The molecule has 0 aliphatic heterocycles. The molecule has 84 valence electrons. The first-order valence-corrected chi connectivity index (χ1v) is 5.79. The fourth-order valence-electron chi connectivity index (χ4n) is 1.28. The minimum atomic E-state index is 0.115. The zero-order chi connectivity index (χ0) is 11.5. The number of nitrogens with two attached hydrogens (primary N) is 1. The first kappa shape index (κ1) is 11.3. The standard InChI is InChI=1S/C11H12BrN3O/c1-7(6-13)10-14-11(16-15-10)8-3-2-4-9(12)5-8/h2-5,7H,6,13H2,1H3. The first-order valence-electron chi connectivity index (χ1n) is 5.00. The predicted molar refractivity (Wildman–Crippen MR) is 64.9 cm³/mol. The third kappa shape index (κ3) is 2.31. The molecule has 2 aromatic rings. The van der Waals surface area contributed by atoms with Crippen LogP contribution in [0, 0.1) is 0 Å². The van der Waals surface area contributed by atoms with Gasteiger partial charge in [-0.25, -0.2) is 0 Å². The van der Waals surface area contributed by atoms with Crippen molar-refractivity contribution in [2.45, 2.75) is 12.8 Å². The molecule has 0 saturated heterocycles. The van der Waals surface area contributed by atoms with Crippen molar-refractivity contribution >= 4 is 15.9 Å². The molecular weight excluding hydrogens is 270 g/mol. The normalized spacial score (nSPS) is 12.7. The van der Waals surface area contributed by atoms with Gasteiger partial charge in [-0.05, 0) is 18.2 Å². The van der Waals surface area contributed by atoms with Crippen LogP contribution in [0.5, 0.6) is 0 Å². The third-order valence-corrected chi connectivity index (χ3v) is 2.80. The summed E-state index contributed by atoms with van der Waals surface area (Å²) in [6.07, 6.45) is 0. The van der Waals surface area contributed by atoms with Gasteiger partial charge in [0.05, 0.1) is 0 Å². The van der Waals surface area contributed by atoms with Gasteiger partial charge in [-0.2, -0.15) is 4.98 Å². The Bertz CT molecular complexity index is 484. The van der Waals surface area contributed by atoms with Gasteiger partial charge in [0.15, 0.2) is 5.82 Å². The second-order valence-electron chi connectivity index (χ2n) is 3.60. The van der Waals surface area contributed by atoms with Crippen molar-refractivity contribution in [3.63, 3.8) is 0 Å². The lowest BCUT2D eigenvalue weighted by Gasteiger charge is -1.99. The van der Waals surface area contributed by atoms with Gasteiger partial charge in [0.2, 0.25) is 0 Å². The zero-order valence-corrected chi connectivity index (χ0v) is 10.4. The monoisotopic (exact) mass is 281 g/mol. The molecule has 1 aromatic heterocycles. The summed E-state index contributed by atoms with van der Waals surface area (Å²) in [6, 6.07) is 7.73.